The van der Waals surface area contributed by atoms with Crippen LogP contribution in [0.3, 0.4) is 0 Å². The van der Waals surface area contributed by atoms with Gasteiger partial charge in [0.2, 0.25) is 5.75 Å². The van der Waals surface area contributed by atoms with Crippen LogP contribution in [-0.2, 0) is 0 Å². The van der Waals surface area contributed by atoms with E-state index in [0.717, 1.165) is 6.42 Å². The molecule has 0 unspecified atom stereocenters. The molecule has 0 aliphatic rings. The van der Waals surface area contributed by atoms with E-state index in [0.29, 0.717) is 17.4 Å². The summed E-state index contributed by atoms with van der Waals surface area (Å²) in [7, 11) is 3.35. The SMILES string of the molecule is CCC(C)(C)Oc1ncnc(NC)c1OC. The molecular formula is C11H19N3O2. The first-order valence-corrected chi connectivity index (χ1v) is 5.29. The predicted octanol–water partition coefficient (Wildman–Crippen LogP) is 2.09. The lowest BCUT2D eigenvalue weighted by molar-refractivity contribution is 0.0943. The second kappa shape index (κ2) is 5.01. The van der Waals surface area contributed by atoms with Crippen molar-refractivity contribution in [3.8, 4) is 11.6 Å². The minimum Gasteiger partial charge on any atom is -0.489 e. The molecule has 5 heteroatoms. The summed E-state index contributed by atoms with van der Waals surface area (Å²) in [6.07, 6.45) is 2.34. The Morgan fingerprint density at radius 2 is 2.06 bits per heavy atom. The van der Waals surface area contributed by atoms with E-state index in [2.05, 4.69) is 22.2 Å². The van der Waals surface area contributed by atoms with Crippen LogP contribution < -0.4 is 14.8 Å². The van der Waals surface area contributed by atoms with Gasteiger partial charge in [-0.1, -0.05) is 6.92 Å². The van der Waals surface area contributed by atoms with Crippen molar-refractivity contribution in [2.45, 2.75) is 32.8 Å². The fourth-order valence-electron chi connectivity index (χ4n) is 1.13. The van der Waals surface area contributed by atoms with Crippen LogP contribution in [0.4, 0.5) is 5.82 Å². The molecule has 0 aromatic carbocycles. The van der Waals surface area contributed by atoms with Gasteiger partial charge in [0.05, 0.1) is 7.11 Å². The highest BCUT2D eigenvalue weighted by Gasteiger charge is 2.22. The third-order valence-corrected chi connectivity index (χ3v) is 2.44. The number of anilines is 1. The summed E-state index contributed by atoms with van der Waals surface area (Å²) in [5.74, 6) is 1.62. The fourth-order valence-corrected chi connectivity index (χ4v) is 1.13. The molecule has 0 saturated heterocycles. The molecule has 0 aliphatic heterocycles. The van der Waals surface area contributed by atoms with Crippen LogP contribution in [0.5, 0.6) is 11.6 Å². The highest BCUT2D eigenvalue weighted by molar-refractivity contribution is 5.54. The molecule has 1 aromatic rings. The molecule has 0 fully saturated rings. The van der Waals surface area contributed by atoms with Gasteiger partial charge in [0.15, 0.2) is 5.82 Å². The third kappa shape index (κ3) is 2.74. The topological polar surface area (TPSA) is 56.3 Å². The molecule has 0 spiro atoms. The quantitative estimate of drug-likeness (QED) is 0.831. The zero-order chi connectivity index (χ0) is 12.2. The zero-order valence-electron chi connectivity index (χ0n) is 10.5. The maximum absolute atomic E-state index is 5.80. The Labute approximate surface area is 96.2 Å². The minimum absolute atomic E-state index is 0.271. The summed E-state index contributed by atoms with van der Waals surface area (Å²) in [5, 5.41) is 2.93. The fraction of sp³-hybridized carbons (Fsp3) is 0.636. The molecule has 0 radical (unpaired) electrons. The van der Waals surface area contributed by atoms with Crippen molar-refractivity contribution < 1.29 is 9.47 Å². The molecule has 90 valence electrons. The maximum Gasteiger partial charge on any atom is 0.263 e. The number of nitrogens with zero attached hydrogens (tertiary/aromatic N) is 2. The average molecular weight is 225 g/mol. The van der Waals surface area contributed by atoms with Crippen LogP contribution in [0.25, 0.3) is 0 Å². The van der Waals surface area contributed by atoms with E-state index in [-0.39, 0.29) is 5.60 Å². The van der Waals surface area contributed by atoms with Crippen LogP contribution in [0, 0.1) is 0 Å². The van der Waals surface area contributed by atoms with E-state index in [4.69, 9.17) is 9.47 Å². The Morgan fingerprint density at radius 1 is 1.38 bits per heavy atom. The monoisotopic (exact) mass is 225 g/mol. The minimum atomic E-state index is -0.271. The largest absolute Gasteiger partial charge is 0.489 e. The van der Waals surface area contributed by atoms with Gasteiger partial charge in [-0.3, -0.25) is 0 Å². The lowest BCUT2D eigenvalue weighted by Crippen LogP contribution is -2.27. The molecule has 16 heavy (non-hydrogen) atoms. The lowest BCUT2D eigenvalue weighted by Gasteiger charge is -2.25. The number of aromatic nitrogens is 2. The van der Waals surface area contributed by atoms with Gasteiger partial charge in [0, 0.05) is 7.05 Å². The van der Waals surface area contributed by atoms with Crippen molar-refractivity contribution in [1.82, 2.24) is 9.97 Å². The first kappa shape index (κ1) is 12.5. The summed E-state index contributed by atoms with van der Waals surface area (Å²) < 4.78 is 11.0. The Balaban J connectivity index is 3.04. The predicted molar refractivity (Wildman–Crippen MR) is 63.1 cm³/mol. The Kier molecular flexibility index (Phi) is 3.93. The highest BCUT2D eigenvalue weighted by Crippen LogP contribution is 2.33. The molecule has 5 nitrogen and oxygen atoms in total. The smallest absolute Gasteiger partial charge is 0.263 e. The maximum atomic E-state index is 5.80. The zero-order valence-corrected chi connectivity index (χ0v) is 10.5. The molecule has 1 heterocycles. The first-order chi connectivity index (χ1) is 7.54. The van der Waals surface area contributed by atoms with E-state index in [1.807, 2.05) is 13.8 Å². The normalized spacial score (nSPS) is 11.1. The van der Waals surface area contributed by atoms with Crippen LogP contribution in [0.2, 0.25) is 0 Å². The average Bonchev–Trinajstić information content (AvgIpc) is 2.28. The van der Waals surface area contributed by atoms with Crippen LogP contribution in [-0.4, -0.2) is 29.7 Å². The molecule has 1 rings (SSSR count). The number of hydrogen-bond acceptors (Lipinski definition) is 5. The summed E-state index contributed by atoms with van der Waals surface area (Å²) in [6, 6.07) is 0. The number of ether oxygens (including phenoxy) is 2. The summed E-state index contributed by atoms with van der Waals surface area (Å²) in [4.78, 5) is 8.15. The van der Waals surface area contributed by atoms with Gasteiger partial charge in [0.25, 0.3) is 5.88 Å². The molecule has 1 aromatic heterocycles. The molecule has 0 aliphatic carbocycles. The van der Waals surface area contributed by atoms with Crippen LogP contribution in [0.1, 0.15) is 27.2 Å². The van der Waals surface area contributed by atoms with Gasteiger partial charge in [-0.05, 0) is 20.3 Å². The number of rotatable bonds is 5. The summed E-state index contributed by atoms with van der Waals surface area (Å²) in [6.45, 7) is 6.08. The van der Waals surface area contributed by atoms with E-state index in [1.54, 1.807) is 14.2 Å². The van der Waals surface area contributed by atoms with Crippen molar-refractivity contribution >= 4 is 5.82 Å². The van der Waals surface area contributed by atoms with E-state index in [9.17, 15) is 0 Å². The van der Waals surface area contributed by atoms with Gasteiger partial charge in [0.1, 0.15) is 11.9 Å². The van der Waals surface area contributed by atoms with E-state index >= 15 is 0 Å². The number of hydrogen-bond donors (Lipinski definition) is 1. The van der Waals surface area contributed by atoms with Gasteiger partial charge < -0.3 is 14.8 Å². The molecule has 0 bridgehead atoms. The lowest BCUT2D eigenvalue weighted by atomic mass is 10.1. The molecule has 0 saturated carbocycles. The molecule has 0 amide bonds. The summed E-state index contributed by atoms with van der Waals surface area (Å²) >= 11 is 0. The Bertz CT molecular complexity index is 353. The second-order valence-electron chi connectivity index (χ2n) is 4.03. The molecule has 0 atom stereocenters. The van der Waals surface area contributed by atoms with Gasteiger partial charge >= 0.3 is 0 Å². The molecule has 1 N–H and O–H groups in total. The van der Waals surface area contributed by atoms with Gasteiger partial charge in [-0.15, -0.1) is 0 Å². The number of methoxy groups -OCH3 is 1. The molecular weight excluding hydrogens is 206 g/mol. The van der Waals surface area contributed by atoms with Crippen molar-refractivity contribution in [3.63, 3.8) is 0 Å². The van der Waals surface area contributed by atoms with Crippen molar-refractivity contribution in [2.24, 2.45) is 0 Å². The van der Waals surface area contributed by atoms with Gasteiger partial charge in [-0.25, -0.2) is 4.98 Å². The highest BCUT2D eigenvalue weighted by atomic mass is 16.5. The van der Waals surface area contributed by atoms with Crippen molar-refractivity contribution in [1.29, 1.82) is 0 Å². The first-order valence-electron chi connectivity index (χ1n) is 5.29. The number of nitrogens with one attached hydrogen (secondary N) is 1. The van der Waals surface area contributed by atoms with Crippen molar-refractivity contribution in [3.05, 3.63) is 6.33 Å². The standard InChI is InChI=1S/C11H19N3O2/c1-6-11(2,3)16-10-8(15-5)9(12-4)13-7-14-10/h7H,6H2,1-5H3,(H,12,13,14). The van der Waals surface area contributed by atoms with Crippen LogP contribution in [0.15, 0.2) is 6.33 Å². The van der Waals surface area contributed by atoms with Crippen molar-refractivity contribution in [2.75, 3.05) is 19.5 Å². The van der Waals surface area contributed by atoms with Crippen LogP contribution >= 0.6 is 0 Å². The third-order valence-electron chi connectivity index (χ3n) is 2.44. The summed E-state index contributed by atoms with van der Waals surface area (Å²) in [5.41, 5.74) is -0.271. The van der Waals surface area contributed by atoms with E-state index in [1.165, 1.54) is 6.33 Å². The second-order valence-corrected chi connectivity index (χ2v) is 4.03. The van der Waals surface area contributed by atoms with Gasteiger partial charge in [-0.2, -0.15) is 4.98 Å². The van der Waals surface area contributed by atoms with E-state index < -0.39 is 0 Å². The Hall–Kier alpha value is -1.52. The Morgan fingerprint density at radius 3 is 2.56 bits per heavy atom.